The summed E-state index contributed by atoms with van der Waals surface area (Å²) < 4.78 is 45.1. The summed E-state index contributed by atoms with van der Waals surface area (Å²) in [5.74, 6) is -0.639. The summed E-state index contributed by atoms with van der Waals surface area (Å²) in [6.07, 6.45) is 2.63. The first-order chi connectivity index (χ1) is 8.88. The van der Waals surface area contributed by atoms with Gasteiger partial charge in [0.05, 0.1) is 11.3 Å². The number of hydrogen-bond acceptors (Lipinski definition) is 4. The number of methoxy groups -OCH3 is 1. The summed E-state index contributed by atoms with van der Waals surface area (Å²) in [5.41, 5.74) is 5.16. The Kier molecular flexibility index (Phi) is 3.80. The van der Waals surface area contributed by atoms with Gasteiger partial charge in [-0.2, -0.15) is 0 Å². The van der Waals surface area contributed by atoms with Crippen molar-refractivity contribution in [2.75, 3.05) is 19.4 Å². The van der Waals surface area contributed by atoms with Gasteiger partial charge in [-0.05, 0) is 37.5 Å². The quantitative estimate of drug-likeness (QED) is 0.799. The van der Waals surface area contributed by atoms with Crippen LogP contribution in [0.3, 0.4) is 0 Å². The average Bonchev–Trinajstić information content (AvgIpc) is 2.31. The van der Waals surface area contributed by atoms with E-state index in [9.17, 15) is 12.8 Å². The number of nitrogens with two attached hydrogens (primary N) is 1. The van der Waals surface area contributed by atoms with Gasteiger partial charge in [0.15, 0.2) is 0 Å². The number of benzene rings is 1. The lowest BCUT2D eigenvalue weighted by molar-refractivity contribution is -0.0659. The second-order valence-electron chi connectivity index (χ2n) is 4.75. The van der Waals surface area contributed by atoms with E-state index in [-0.39, 0.29) is 17.1 Å². The minimum absolute atomic E-state index is 0.0222. The van der Waals surface area contributed by atoms with Crippen LogP contribution in [0.4, 0.5) is 10.1 Å². The molecule has 2 rings (SSSR count). The van der Waals surface area contributed by atoms with Gasteiger partial charge in [0.1, 0.15) is 10.7 Å². The first-order valence-electron chi connectivity index (χ1n) is 5.98. The van der Waals surface area contributed by atoms with Gasteiger partial charge in [-0.15, -0.1) is 0 Å². The smallest absolute Gasteiger partial charge is 0.242 e. The zero-order chi connectivity index (χ0) is 14.1. The molecule has 1 aliphatic carbocycles. The molecular formula is C12H17FN2O3S. The van der Waals surface area contributed by atoms with Crippen LogP contribution in [0.25, 0.3) is 0 Å². The maximum atomic E-state index is 13.1. The number of sulfonamides is 1. The molecule has 1 saturated carbocycles. The Hall–Kier alpha value is -1.18. The van der Waals surface area contributed by atoms with E-state index < -0.39 is 21.4 Å². The zero-order valence-electron chi connectivity index (χ0n) is 10.6. The lowest BCUT2D eigenvalue weighted by atomic mass is 9.80. The summed E-state index contributed by atoms with van der Waals surface area (Å²) in [4.78, 5) is -0.238. The van der Waals surface area contributed by atoms with E-state index in [1.54, 1.807) is 7.11 Å². The Morgan fingerprint density at radius 2 is 2.16 bits per heavy atom. The molecule has 5 nitrogen and oxygen atoms in total. The maximum absolute atomic E-state index is 13.1. The van der Waals surface area contributed by atoms with Crippen molar-refractivity contribution < 1.29 is 17.5 Å². The summed E-state index contributed by atoms with van der Waals surface area (Å²) in [5, 5.41) is 0. The van der Waals surface area contributed by atoms with Gasteiger partial charge >= 0.3 is 0 Å². The largest absolute Gasteiger partial charge is 0.398 e. The number of nitrogen functional groups attached to an aromatic ring is 1. The molecule has 1 aromatic rings. The second kappa shape index (κ2) is 5.07. The topological polar surface area (TPSA) is 81.4 Å². The molecule has 19 heavy (non-hydrogen) atoms. The van der Waals surface area contributed by atoms with Crippen molar-refractivity contribution in [2.24, 2.45) is 0 Å². The third-order valence-corrected chi connectivity index (χ3v) is 5.00. The number of nitrogens with one attached hydrogen (secondary N) is 1. The fourth-order valence-electron chi connectivity index (χ4n) is 2.07. The van der Waals surface area contributed by atoms with Crippen LogP contribution in [0.5, 0.6) is 0 Å². The van der Waals surface area contributed by atoms with Crippen LogP contribution < -0.4 is 10.5 Å². The monoisotopic (exact) mass is 288 g/mol. The highest BCUT2D eigenvalue weighted by atomic mass is 32.2. The molecular weight excluding hydrogens is 271 g/mol. The molecule has 0 atom stereocenters. The second-order valence-corrected chi connectivity index (χ2v) is 6.48. The van der Waals surface area contributed by atoms with Crippen LogP contribution in [0.1, 0.15) is 19.3 Å². The number of halogens is 1. The molecule has 7 heteroatoms. The van der Waals surface area contributed by atoms with Crippen molar-refractivity contribution in [1.29, 1.82) is 0 Å². The van der Waals surface area contributed by atoms with E-state index in [0.717, 1.165) is 31.4 Å². The van der Waals surface area contributed by atoms with Gasteiger partial charge < -0.3 is 10.5 Å². The van der Waals surface area contributed by atoms with Crippen LogP contribution >= 0.6 is 0 Å². The highest BCUT2D eigenvalue weighted by molar-refractivity contribution is 7.89. The summed E-state index contributed by atoms with van der Waals surface area (Å²) in [7, 11) is -2.27. The van der Waals surface area contributed by atoms with Gasteiger partial charge in [-0.25, -0.2) is 17.5 Å². The number of hydrogen-bond donors (Lipinski definition) is 2. The third-order valence-electron chi connectivity index (χ3n) is 3.55. The minimum atomic E-state index is -3.83. The summed E-state index contributed by atoms with van der Waals surface area (Å²) >= 11 is 0. The number of rotatable bonds is 5. The lowest BCUT2D eigenvalue weighted by Gasteiger charge is -2.40. The van der Waals surface area contributed by atoms with Crippen LogP contribution in [-0.2, 0) is 14.8 Å². The maximum Gasteiger partial charge on any atom is 0.242 e. The Morgan fingerprint density at radius 1 is 1.47 bits per heavy atom. The van der Waals surface area contributed by atoms with Crippen molar-refractivity contribution in [1.82, 2.24) is 4.72 Å². The van der Waals surface area contributed by atoms with Gasteiger partial charge in [0.25, 0.3) is 0 Å². The molecule has 3 N–H and O–H groups in total. The van der Waals surface area contributed by atoms with E-state index >= 15 is 0 Å². The third kappa shape index (κ3) is 2.88. The van der Waals surface area contributed by atoms with Gasteiger partial charge in [-0.3, -0.25) is 0 Å². The van der Waals surface area contributed by atoms with Crippen LogP contribution in [0.2, 0.25) is 0 Å². The van der Waals surface area contributed by atoms with Crippen LogP contribution in [0, 0.1) is 5.82 Å². The molecule has 0 unspecified atom stereocenters. The van der Waals surface area contributed by atoms with Crippen molar-refractivity contribution in [3.63, 3.8) is 0 Å². The highest BCUT2D eigenvalue weighted by Crippen LogP contribution is 2.34. The fraction of sp³-hybridized carbons (Fsp3) is 0.500. The van der Waals surface area contributed by atoms with Crippen molar-refractivity contribution in [3.05, 3.63) is 24.0 Å². The predicted molar refractivity (Wildman–Crippen MR) is 69.6 cm³/mol. The molecule has 0 radical (unpaired) electrons. The average molecular weight is 288 g/mol. The van der Waals surface area contributed by atoms with E-state index in [2.05, 4.69) is 4.72 Å². The van der Waals surface area contributed by atoms with Gasteiger partial charge in [0, 0.05) is 13.7 Å². The number of ether oxygens (including phenoxy) is 1. The van der Waals surface area contributed by atoms with E-state index in [4.69, 9.17) is 10.5 Å². The highest BCUT2D eigenvalue weighted by Gasteiger charge is 2.38. The summed E-state index contributed by atoms with van der Waals surface area (Å²) in [6, 6.07) is 3.27. The molecule has 0 saturated heterocycles. The molecule has 1 aromatic carbocycles. The first kappa shape index (κ1) is 14.2. The van der Waals surface area contributed by atoms with E-state index in [0.29, 0.717) is 0 Å². The molecule has 106 valence electrons. The zero-order valence-corrected chi connectivity index (χ0v) is 11.5. The van der Waals surface area contributed by atoms with Gasteiger partial charge in [-0.1, -0.05) is 0 Å². The van der Waals surface area contributed by atoms with Gasteiger partial charge in [0.2, 0.25) is 10.0 Å². The predicted octanol–water partition coefficient (Wildman–Crippen LogP) is 1.26. The Morgan fingerprint density at radius 3 is 2.68 bits per heavy atom. The van der Waals surface area contributed by atoms with Crippen molar-refractivity contribution >= 4 is 15.7 Å². The minimum Gasteiger partial charge on any atom is -0.398 e. The lowest BCUT2D eigenvalue weighted by Crippen LogP contribution is -2.49. The molecule has 0 aromatic heterocycles. The fourth-order valence-corrected chi connectivity index (χ4v) is 3.32. The Bertz CT molecular complexity index is 565. The molecule has 1 aliphatic rings. The SMILES string of the molecule is COC1(CNS(=O)(=O)c2cc(F)ccc2N)CCC1. The standard InChI is InChI=1S/C12H17FN2O3S/c1-18-12(5-2-6-12)8-15-19(16,17)11-7-9(13)3-4-10(11)14/h3-4,7,15H,2,5-6,8,14H2,1H3. The molecule has 0 spiro atoms. The van der Waals surface area contributed by atoms with Crippen molar-refractivity contribution in [2.45, 2.75) is 29.8 Å². The Labute approximate surface area is 112 Å². The van der Waals surface area contributed by atoms with E-state index in [1.807, 2.05) is 0 Å². The van der Waals surface area contributed by atoms with E-state index in [1.165, 1.54) is 6.07 Å². The first-order valence-corrected chi connectivity index (χ1v) is 7.47. The molecule has 0 heterocycles. The van der Waals surface area contributed by atoms with Crippen molar-refractivity contribution in [3.8, 4) is 0 Å². The normalized spacial score (nSPS) is 18.0. The van der Waals surface area contributed by atoms with Crippen LogP contribution in [0.15, 0.2) is 23.1 Å². The molecule has 0 amide bonds. The Balaban J connectivity index is 2.16. The molecule has 0 aliphatic heterocycles. The molecule has 1 fully saturated rings. The van der Waals surface area contributed by atoms with Crippen LogP contribution in [-0.4, -0.2) is 27.7 Å². The molecule has 0 bridgehead atoms. The number of anilines is 1. The summed E-state index contributed by atoms with van der Waals surface area (Å²) in [6.45, 7) is 0.168.